The summed E-state index contributed by atoms with van der Waals surface area (Å²) in [5.41, 5.74) is 4.57. The van der Waals surface area contributed by atoms with E-state index in [-0.39, 0.29) is 11.6 Å². The van der Waals surface area contributed by atoms with Crippen LogP contribution in [0.5, 0.6) is 5.75 Å². The minimum absolute atomic E-state index is 0.00706. The van der Waals surface area contributed by atoms with E-state index in [9.17, 15) is 4.79 Å². The molecule has 5 rings (SSSR count). The van der Waals surface area contributed by atoms with Crippen molar-refractivity contribution in [3.05, 3.63) is 58.3 Å². The van der Waals surface area contributed by atoms with Gasteiger partial charge in [0.2, 0.25) is 0 Å². The van der Waals surface area contributed by atoms with Gasteiger partial charge < -0.3 is 14.6 Å². The molecule has 1 N–H and O–H groups in total. The lowest BCUT2D eigenvalue weighted by Crippen LogP contribution is -2.34. The van der Waals surface area contributed by atoms with Crippen LogP contribution in [-0.2, 0) is 0 Å². The summed E-state index contributed by atoms with van der Waals surface area (Å²) in [5.74, 6) is 0.581. The number of fused-ring (bicyclic) bond motifs is 2. The van der Waals surface area contributed by atoms with Crippen LogP contribution in [0.3, 0.4) is 0 Å². The lowest BCUT2D eigenvalue weighted by molar-refractivity contribution is 0.361. The number of benzene rings is 1. The molecule has 1 saturated heterocycles. The van der Waals surface area contributed by atoms with E-state index in [1.54, 1.807) is 7.11 Å². The first kappa shape index (κ1) is 18.8. The molecule has 7 heteroatoms. The number of rotatable bonds is 3. The maximum absolute atomic E-state index is 13.3. The van der Waals surface area contributed by atoms with Crippen molar-refractivity contribution in [3.8, 4) is 17.0 Å². The Hall–Kier alpha value is -3.19. The Bertz CT molecular complexity index is 1310. The normalized spacial score (nSPS) is 15.2. The summed E-state index contributed by atoms with van der Waals surface area (Å²) in [6.45, 7) is 5.86. The summed E-state index contributed by atoms with van der Waals surface area (Å²) in [5, 5.41) is 9.57. The molecule has 4 aromatic rings. The average molecular weight is 403 g/mol. The standard InChI is InChI=1S/C23H25N5O2/c1-14-10-19(26-28-13-15(2)25-22(14)28)17-11-16-6-9-27(18-4-7-24-8-5-18)23(29)21(16)20(12-17)30-3/h6,9-13,18,24H,4-5,7-8H2,1-3H3. The zero-order chi connectivity index (χ0) is 20.8. The Morgan fingerprint density at radius 3 is 2.73 bits per heavy atom. The predicted octanol–water partition coefficient (Wildman–Crippen LogP) is 3.26. The molecule has 0 bridgehead atoms. The molecule has 30 heavy (non-hydrogen) atoms. The topological polar surface area (TPSA) is 73.5 Å². The summed E-state index contributed by atoms with van der Waals surface area (Å²) < 4.78 is 9.34. The predicted molar refractivity (Wildman–Crippen MR) is 117 cm³/mol. The molecular formula is C23H25N5O2. The second-order valence-electron chi connectivity index (χ2n) is 8.02. The van der Waals surface area contributed by atoms with Gasteiger partial charge in [-0.3, -0.25) is 4.79 Å². The molecule has 3 aromatic heterocycles. The maximum atomic E-state index is 13.3. The lowest BCUT2D eigenvalue weighted by atomic mass is 10.0. The molecule has 0 saturated carbocycles. The number of piperidine rings is 1. The van der Waals surface area contributed by atoms with Crippen molar-refractivity contribution in [3.63, 3.8) is 0 Å². The number of methoxy groups -OCH3 is 1. The van der Waals surface area contributed by atoms with Crippen LogP contribution >= 0.6 is 0 Å². The fourth-order valence-electron chi connectivity index (χ4n) is 4.42. The van der Waals surface area contributed by atoms with Crippen molar-refractivity contribution >= 4 is 16.4 Å². The number of aryl methyl sites for hydroxylation is 2. The average Bonchev–Trinajstić information content (AvgIpc) is 3.14. The molecule has 0 unspecified atom stereocenters. The van der Waals surface area contributed by atoms with Gasteiger partial charge in [0.1, 0.15) is 5.75 Å². The van der Waals surface area contributed by atoms with Crippen molar-refractivity contribution < 1.29 is 4.74 Å². The fraction of sp³-hybridized carbons (Fsp3) is 0.348. The number of nitrogens with one attached hydrogen (secondary N) is 1. The fourth-order valence-corrected chi connectivity index (χ4v) is 4.42. The van der Waals surface area contributed by atoms with Gasteiger partial charge in [0, 0.05) is 17.8 Å². The van der Waals surface area contributed by atoms with Gasteiger partial charge >= 0.3 is 0 Å². The monoisotopic (exact) mass is 403 g/mol. The molecule has 0 amide bonds. The lowest BCUT2D eigenvalue weighted by Gasteiger charge is -2.25. The summed E-state index contributed by atoms with van der Waals surface area (Å²) in [6.07, 6.45) is 5.76. The van der Waals surface area contributed by atoms with Gasteiger partial charge in [-0.25, -0.2) is 9.50 Å². The van der Waals surface area contributed by atoms with Crippen molar-refractivity contribution in [2.75, 3.05) is 20.2 Å². The van der Waals surface area contributed by atoms with Crippen LogP contribution in [0.15, 0.2) is 41.5 Å². The Kier molecular flexibility index (Phi) is 4.55. The first-order valence-electron chi connectivity index (χ1n) is 10.3. The largest absolute Gasteiger partial charge is 0.496 e. The molecular weight excluding hydrogens is 378 g/mol. The van der Waals surface area contributed by atoms with Gasteiger partial charge in [-0.05, 0) is 75.0 Å². The minimum atomic E-state index is 0.00706. The van der Waals surface area contributed by atoms with E-state index in [4.69, 9.17) is 9.84 Å². The number of hydrogen-bond donors (Lipinski definition) is 1. The molecule has 1 aliphatic heterocycles. The highest BCUT2D eigenvalue weighted by molar-refractivity contribution is 5.91. The van der Waals surface area contributed by atoms with E-state index in [0.717, 1.165) is 59.5 Å². The molecule has 1 fully saturated rings. The molecule has 7 nitrogen and oxygen atoms in total. The summed E-state index contributed by atoms with van der Waals surface area (Å²) in [6, 6.07) is 8.19. The van der Waals surface area contributed by atoms with Crippen LogP contribution in [-0.4, -0.2) is 39.4 Å². The third-order valence-corrected chi connectivity index (χ3v) is 5.94. The second-order valence-corrected chi connectivity index (χ2v) is 8.02. The van der Waals surface area contributed by atoms with Crippen LogP contribution in [0.2, 0.25) is 0 Å². The number of ether oxygens (including phenoxy) is 1. The van der Waals surface area contributed by atoms with E-state index in [2.05, 4.69) is 10.3 Å². The smallest absolute Gasteiger partial charge is 0.262 e. The highest BCUT2D eigenvalue weighted by Crippen LogP contribution is 2.31. The van der Waals surface area contributed by atoms with Crippen molar-refractivity contribution in [1.82, 2.24) is 24.5 Å². The Morgan fingerprint density at radius 1 is 1.17 bits per heavy atom. The third-order valence-electron chi connectivity index (χ3n) is 5.94. The number of nitrogens with zero attached hydrogens (tertiary/aromatic N) is 4. The molecule has 0 atom stereocenters. The van der Waals surface area contributed by atoms with Gasteiger partial charge in [-0.2, -0.15) is 5.10 Å². The zero-order valence-electron chi connectivity index (χ0n) is 17.5. The second kappa shape index (κ2) is 7.25. The summed E-state index contributed by atoms with van der Waals surface area (Å²) >= 11 is 0. The van der Waals surface area contributed by atoms with Crippen LogP contribution in [0.4, 0.5) is 0 Å². The number of aromatic nitrogens is 4. The van der Waals surface area contributed by atoms with E-state index >= 15 is 0 Å². The van der Waals surface area contributed by atoms with Crippen LogP contribution < -0.4 is 15.6 Å². The number of imidazole rings is 1. The Balaban J connectivity index is 1.67. The first-order valence-corrected chi connectivity index (χ1v) is 10.3. The van der Waals surface area contributed by atoms with Gasteiger partial charge in [0.15, 0.2) is 5.65 Å². The van der Waals surface area contributed by atoms with Gasteiger partial charge in [-0.1, -0.05) is 0 Å². The summed E-state index contributed by atoms with van der Waals surface area (Å²) in [4.78, 5) is 17.8. The van der Waals surface area contributed by atoms with E-state index in [1.165, 1.54) is 0 Å². The van der Waals surface area contributed by atoms with Crippen LogP contribution in [0.1, 0.15) is 30.1 Å². The molecule has 1 aromatic carbocycles. The third kappa shape index (κ3) is 3.06. The highest BCUT2D eigenvalue weighted by Gasteiger charge is 2.19. The van der Waals surface area contributed by atoms with Crippen molar-refractivity contribution in [1.29, 1.82) is 0 Å². The van der Waals surface area contributed by atoms with Crippen molar-refractivity contribution in [2.45, 2.75) is 32.7 Å². The Morgan fingerprint density at radius 2 is 1.97 bits per heavy atom. The maximum Gasteiger partial charge on any atom is 0.262 e. The summed E-state index contributed by atoms with van der Waals surface area (Å²) in [7, 11) is 1.61. The highest BCUT2D eigenvalue weighted by atomic mass is 16.5. The Labute approximate surface area is 174 Å². The minimum Gasteiger partial charge on any atom is -0.496 e. The number of pyridine rings is 1. The van der Waals surface area contributed by atoms with Crippen LogP contribution in [0, 0.1) is 13.8 Å². The quantitative estimate of drug-likeness (QED) is 0.568. The molecule has 1 aliphatic rings. The molecule has 154 valence electrons. The molecule has 0 spiro atoms. The van der Waals surface area contributed by atoms with E-state index in [0.29, 0.717) is 11.1 Å². The SMILES string of the molecule is COc1cc(-c2cc(C)c3nc(C)cn3n2)cc2ccn(C3CCNCC3)c(=O)c12. The molecule has 4 heterocycles. The van der Waals surface area contributed by atoms with E-state index < -0.39 is 0 Å². The van der Waals surface area contributed by atoms with E-state index in [1.807, 2.05) is 59.6 Å². The van der Waals surface area contributed by atoms with Crippen molar-refractivity contribution in [2.24, 2.45) is 0 Å². The van der Waals surface area contributed by atoms with Gasteiger partial charge in [0.05, 0.1) is 30.1 Å². The number of hydrogen-bond acceptors (Lipinski definition) is 5. The molecule has 0 radical (unpaired) electrons. The molecule has 0 aliphatic carbocycles. The van der Waals surface area contributed by atoms with Gasteiger partial charge in [-0.15, -0.1) is 0 Å². The van der Waals surface area contributed by atoms with Gasteiger partial charge in [0.25, 0.3) is 5.56 Å². The first-order chi connectivity index (χ1) is 14.5. The van der Waals surface area contributed by atoms with Crippen LogP contribution in [0.25, 0.3) is 27.7 Å². The zero-order valence-corrected chi connectivity index (χ0v) is 17.5.